The minimum absolute atomic E-state index is 0.666. The lowest BCUT2D eigenvalue weighted by molar-refractivity contribution is 0.260. The molecule has 0 amide bonds. The molecule has 0 spiro atoms. The predicted molar refractivity (Wildman–Crippen MR) is 107 cm³/mol. The van der Waals surface area contributed by atoms with Crippen molar-refractivity contribution in [3.63, 3.8) is 0 Å². The number of nitrogens with zero attached hydrogens (tertiary/aromatic N) is 6. The monoisotopic (exact) mass is 368 g/mol. The zero-order chi connectivity index (χ0) is 19.4. The Morgan fingerprint density at radius 1 is 1.30 bits per heavy atom. The first-order valence-corrected chi connectivity index (χ1v) is 10.0. The number of fused-ring (bicyclic) bond motifs is 1. The largest absolute Gasteiger partial charge is 0.339 e. The zero-order valence-corrected chi connectivity index (χ0v) is 17.1. The quantitative estimate of drug-likeness (QED) is 0.754. The summed E-state index contributed by atoms with van der Waals surface area (Å²) >= 11 is 0. The third-order valence-corrected chi connectivity index (χ3v) is 5.07. The molecule has 1 aliphatic heterocycles. The highest BCUT2D eigenvalue weighted by Gasteiger charge is 2.18. The molecule has 1 aliphatic rings. The fourth-order valence-electron chi connectivity index (χ4n) is 4.03. The summed E-state index contributed by atoms with van der Waals surface area (Å²) in [5.41, 5.74) is 4.44. The Bertz CT molecular complexity index is 794. The second-order valence-electron chi connectivity index (χ2n) is 8.14. The molecule has 27 heavy (non-hydrogen) atoms. The van der Waals surface area contributed by atoms with Crippen LogP contribution in [0, 0.1) is 17.2 Å². The summed E-state index contributed by atoms with van der Waals surface area (Å²) in [6.45, 7) is 13.3. The lowest BCUT2D eigenvalue weighted by Gasteiger charge is -2.19. The van der Waals surface area contributed by atoms with Crippen LogP contribution in [-0.2, 0) is 32.7 Å². The van der Waals surface area contributed by atoms with Crippen molar-refractivity contribution in [1.29, 1.82) is 5.26 Å². The molecule has 0 atom stereocenters. The Morgan fingerprint density at radius 2 is 2.11 bits per heavy atom. The fraction of sp³-hybridized carbons (Fsp3) is 0.619. The van der Waals surface area contributed by atoms with Crippen LogP contribution in [0.1, 0.15) is 49.8 Å². The van der Waals surface area contributed by atoms with Crippen LogP contribution in [0.15, 0.2) is 18.3 Å². The van der Waals surface area contributed by atoms with E-state index in [-0.39, 0.29) is 0 Å². The first-order chi connectivity index (χ1) is 13.0. The van der Waals surface area contributed by atoms with Crippen molar-refractivity contribution in [1.82, 2.24) is 24.1 Å². The van der Waals surface area contributed by atoms with Gasteiger partial charge in [-0.05, 0) is 44.0 Å². The summed E-state index contributed by atoms with van der Waals surface area (Å²) in [5, 5.41) is 14.1. The van der Waals surface area contributed by atoms with E-state index in [0.29, 0.717) is 5.92 Å². The Labute approximate surface area is 163 Å². The van der Waals surface area contributed by atoms with Crippen molar-refractivity contribution < 1.29 is 0 Å². The zero-order valence-electron chi connectivity index (χ0n) is 17.1. The second kappa shape index (κ2) is 8.73. The highest BCUT2D eigenvalue weighted by atomic mass is 15.3. The first-order valence-electron chi connectivity index (χ1n) is 10.0. The second-order valence-corrected chi connectivity index (χ2v) is 8.14. The van der Waals surface area contributed by atoms with Gasteiger partial charge in [0.05, 0.1) is 11.4 Å². The van der Waals surface area contributed by atoms with Crippen LogP contribution in [0.3, 0.4) is 0 Å². The Balaban J connectivity index is 1.67. The van der Waals surface area contributed by atoms with Gasteiger partial charge in [-0.25, -0.2) is 0 Å². The molecule has 0 saturated carbocycles. The standard InChI is InChI=1S/C21H32N6/c1-5-26-14-18(9-20(26)11-22)13-25-7-6-8-27-21(16-25)10-19(23-27)15-24(4)12-17(2)3/h9-10,14,17H,5-8,12-13,15-16H2,1-4H3. The molecule has 0 aromatic carbocycles. The van der Waals surface area contributed by atoms with Gasteiger partial charge in [0, 0.05) is 52.0 Å². The van der Waals surface area contributed by atoms with Crippen LogP contribution >= 0.6 is 0 Å². The molecular formula is C21H32N6. The molecule has 3 rings (SSSR count). The van der Waals surface area contributed by atoms with E-state index in [9.17, 15) is 5.26 Å². The maximum absolute atomic E-state index is 9.27. The molecule has 0 unspecified atom stereocenters. The number of rotatable bonds is 7. The van der Waals surface area contributed by atoms with Crippen LogP contribution in [0.2, 0.25) is 0 Å². The van der Waals surface area contributed by atoms with Crippen molar-refractivity contribution in [2.24, 2.45) is 5.92 Å². The topological polar surface area (TPSA) is 53.0 Å². The summed E-state index contributed by atoms with van der Waals surface area (Å²) in [6, 6.07) is 6.59. The van der Waals surface area contributed by atoms with E-state index in [4.69, 9.17) is 5.10 Å². The number of nitriles is 1. The van der Waals surface area contributed by atoms with E-state index >= 15 is 0 Å². The maximum atomic E-state index is 9.27. The summed E-state index contributed by atoms with van der Waals surface area (Å²) in [7, 11) is 2.17. The van der Waals surface area contributed by atoms with Crippen LogP contribution in [0.25, 0.3) is 0 Å². The summed E-state index contributed by atoms with van der Waals surface area (Å²) < 4.78 is 4.22. The molecule has 3 heterocycles. The van der Waals surface area contributed by atoms with Gasteiger partial charge >= 0.3 is 0 Å². The van der Waals surface area contributed by atoms with E-state index in [1.165, 1.54) is 17.0 Å². The minimum atomic E-state index is 0.666. The highest BCUT2D eigenvalue weighted by Crippen LogP contribution is 2.18. The van der Waals surface area contributed by atoms with Crippen molar-refractivity contribution in [3.05, 3.63) is 41.0 Å². The Morgan fingerprint density at radius 3 is 2.78 bits per heavy atom. The van der Waals surface area contributed by atoms with Gasteiger partial charge in [0.25, 0.3) is 0 Å². The van der Waals surface area contributed by atoms with E-state index < -0.39 is 0 Å². The molecular weight excluding hydrogens is 336 g/mol. The molecule has 0 N–H and O–H groups in total. The average molecular weight is 369 g/mol. The number of aromatic nitrogens is 3. The third kappa shape index (κ3) is 5.00. The molecule has 2 aromatic rings. The van der Waals surface area contributed by atoms with Gasteiger partial charge in [-0.15, -0.1) is 0 Å². The molecule has 0 fully saturated rings. The molecule has 6 nitrogen and oxygen atoms in total. The van der Waals surface area contributed by atoms with Gasteiger partial charge < -0.3 is 9.47 Å². The van der Waals surface area contributed by atoms with E-state index in [2.05, 4.69) is 60.6 Å². The fourth-order valence-corrected chi connectivity index (χ4v) is 4.03. The lowest BCUT2D eigenvalue weighted by Crippen LogP contribution is -2.23. The molecule has 0 radical (unpaired) electrons. The Kier molecular flexibility index (Phi) is 6.35. The summed E-state index contributed by atoms with van der Waals surface area (Å²) in [6.07, 6.45) is 3.22. The van der Waals surface area contributed by atoms with E-state index in [1.54, 1.807) is 0 Å². The minimum Gasteiger partial charge on any atom is -0.339 e. The number of hydrogen-bond donors (Lipinski definition) is 0. The van der Waals surface area contributed by atoms with Gasteiger partial charge in [0.15, 0.2) is 0 Å². The normalized spacial score (nSPS) is 15.1. The third-order valence-electron chi connectivity index (χ3n) is 5.07. The van der Waals surface area contributed by atoms with Crippen LogP contribution in [-0.4, -0.2) is 44.3 Å². The van der Waals surface area contributed by atoms with E-state index in [1.807, 2.05) is 10.6 Å². The van der Waals surface area contributed by atoms with Crippen LogP contribution < -0.4 is 0 Å². The van der Waals surface area contributed by atoms with E-state index in [0.717, 1.165) is 57.9 Å². The lowest BCUT2D eigenvalue weighted by atomic mass is 10.2. The molecule has 6 heteroatoms. The average Bonchev–Trinajstić information content (AvgIpc) is 3.12. The molecule has 2 aromatic heterocycles. The molecule has 146 valence electrons. The molecule has 0 aliphatic carbocycles. The Hall–Kier alpha value is -2.10. The number of aryl methyl sites for hydroxylation is 2. The van der Waals surface area contributed by atoms with Gasteiger partial charge in [-0.2, -0.15) is 10.4 Å². The molecule has 0 bridgehead atoms. The van der Waals surface area contributed by atoms with Crippen molar-refractivity contribution in [2.45, 2.75) is 59.9 Å². The maximum Gasteiger partial charge on any atom is 0.120 e. The van der Waals surface area contributed by atoms with Gasteiger partial charge in [-0.1, -0.05) is 13.8 Å². The molecule has 0 saturated heterocycles. The summed E-state index contributed by atoms with van der Waals surface area (Å²) in [4.78, 5) is 4.82. The summed E-state index contributed by atoms with van der Waals surface area (Å²) in [5.74, 6) is 0.666. The predicted octanol–water partition coefficient (Wildman–Crippen LogP) is 3.07. The van der Waals surface area contributed by atoms with Crippen LogP contribution in [0.4, 0.5) is 0 Å². The van der Waals surface area contributed by atoms with Crippen molar-refractivity contribution in [2.75, 3.05) is 20.1 Å². The van der Waals surface area contributed by atoms with Gasteiger partial charge in [-0.3, -0.25) is 9.58 Å². The van der Waals surface area contributed by atoms with Crippen LogP contribution in [0.5, 0.6) is 0 Å². The van der Waals surface area contributed by atoms with Crippen molar-refractivity contribution >= 4 is 0 Å². The SMILES string of the molecule is CCn1cc(CN2CCCn3nc(CN(C)CC(C)C)cc3C2)cc1C#N. The highest BCUT2D eigenvalue weighted by molar-refractivity contribution is 5.28. The smallest absolute Gasteiger partial charge is 0.120 e. The first kappa shape index (κ1) is 19.7. The number of hydrogen-bond acceptors (Lipinski definition) is 4. The van der Waals surface area contributed by atoms with Gasteiger partial charge in [0.1, 0.15) is 11.8 Å². The van der Waals surface area contributed by atoms with Gasteiger partial charge in [0.2, 0.25) is 0 Å². The van der Waals surface area contributed by atoms with Crippen molar-refractivity contribution in [3.8, 4) is 6.07 Å².